The lowest BCUT2D eigenvalue weighted by Crippen LogP contribution is -2.30. The normalized spacial score (nSPS) is 31.9. The minimum absolute atomic E-state index is 0.344. The van der Waals surface area contributed by atoms with E-state index in [2.05, 4.69) is 19.9 Å². The fourth-order valence-corrected chi connectivity index (χ4v) is 3.14. The average molecular weight is 238 g/mol. The molecule has 0 amide bonds. The third-order valence-electron chi connectivity index (χ3n) is 4.46. The summed E-state index contributed by atoms with van der Waals surface area (Å²) in [6.45, 7) is 5.41. The van der Waals surface area contributed by atoms with Crippen LogP contribution in [0.5, 0.6) is 0 Å². The Labute approximate surface area is 105 Å². The number of ether oxygens (including phenoxy) is 1. The molecular weight excluding hydrogens is 212 g/mol. The molecule has 1 fully saturated rings. The highest BCUT2D eigenvalue weighted by atomic mass is 16.5. The molecule has 0 spiro atoms. The van der Waals surface area contributed by atoms with Crippen molar-refractivity contribution in [2.75, 3.05) is 6.61 Å². The van der Waals surface area contributed by atoms with Gasteiger partial charge < -0.3 is 9.84 Å². The quantitative estimate of drug-likeness (QED) is 0.815. The Kier molecular flexibility index (Phi) is 4.49. The van der Waals surface area contributed by atoms with Crippen LogP contribution in [0.2, 0.25) is 0 Å². The van der Waals surface area contributed by atoms with Crippen molar-refractivity contribution in [3.8, 4) is 0 Å². The number of aliphatic hydroxyl groups excluding tert-OH is 1. The third kappa shape index (κ3) is 3.25. The van der Waals surface area contributed by atoms with E-state index in [1.807, 2.05) is 0 Å². The minimum atomic E-state index is -0.344. The van der Waals surface area contributed by atoms with Gasteiger partial charge >= 0.3 is 0 Å². The summed E-state index contributed by atoms with van der Waals surface area (Å²) in [5.41, 5.74) is 0. The fourth-order valence-electron chi connectivity index (χ4n) is 3.14. The number of allylic oxidation sites excluding steroid dienone is 1. The molecule has 0 aromatic rings. The van der Waals surface area contributed by atoms with Gasteiger partial charge in [0, 0.05) is 0 Å². The molecule has 2 nitrogen and oxygen atoms in total. The molecule has 0 aromatic heterocycles. The molecule has 2 aliphatic rings. The predicted molar refractivity (Wildman–Crippen MR) is 69.6 cm³/mol. The average Bonchev–Trinajstić information content (AvgIpc) is 2.39. The highest BCUT2D eigenvalue weighted by Crippen LogP contribution is 2.36. The van der Waals surface area contributed by atoms with Crippen LogP contribution in [-0.2, 0) is 4.74 Å². The summed E-state index contributed by atoms with van der Waals surface area (Å²) in [6, 6.07) is 0. The first-order chi connectivity index (χ1) is 8.18. The molecule has 1 N–H and O–H groups in total. The molecule has 1 saturated carbocycles. The van der Waals surface area contributed by atoms with Crippen LogP contribution < -0.4 is 0 Å². The summed E-state index contributed by atoms with van der Waals surface area (Å²) in [6.07, 6.45) is 8.75. The van der Waals surface area contributed by atoms with Crippen LogP contribution in [0.4, 0.5) is 0 Å². The van der Waals surface area contributed by atoms with Gasteiger partial charge in [-0.05, 0) is 62.4 Å². The van der Waals surface area contributed by atoms with Crippen LogP contribution in [0.3, 0.4) is 0 Å². The van der Waals surface area contributed by atoms with Crippen LogP contribution in [0.15, 0.2) is 11.8 Å². The summed E-state index contributed by atoms with van der Waals surface area (Å²) in [5.74, 6) is 2.93. The lowest BCUT2D eigenvalue weighted by Gasteiger charge is -2.34. The monoisotopic (exact) mass is 238 g/mol. The van der Waals surface area contributed by atoms with E-state index >= 15 is 0 Å². The standard InChI is InChI=1S/C15H26O2/c1-11(2)12-6-8-13(9-7-12)15(16)14-5-3-4-10-17-14/h5,11-13,15-16H,3-4,6-10H2,1-2H3. The van der Waals surface area contributed by atoms with E-state index in [1.165, 1.54) is 12.8 Å². The smallest absolute Gasteiger partial charge is 0.121 e. The van der Waals surface area contributed by atoms with E-state index < -0.39 is 0 Å². The molecule has 0 saturated heterocycles. The molecule has 2 rings (SSSR count). The van der Waals surface area contributed by atoms with Gasteiger partial charge in [-0.15, -0.1) is 0 Å². The second-order valence-corrected chi connectivity index (χ2v) is 5.96. The number of rotatable bonds is 3. The second kappa shape index (κ2) is 5.90. The zero-order valence-electron chi connectivity index (χ0n) is 11.2. The maximum atomic E-state index is 10.3. The summed E-state index contributed by atoms with van der Waals surface area (Å²) in [4.78, 5) is 0. The van der Waals surface area contributed by atoms with Crippen LogP contribution in [0.25, 0.3) is 0 Å². The van der Waals surface area contributed by atoms with Crippen molar-refractivity contribution < 1.29 is 9.84 Å². The molecule has 1 atom stereocenters. The van der Waals surface area contributed by atoms with Crippen LogP contribution in [-0.4, -0.2) is 17.8 Å². The summed E-state index contributed by atoms with van der Waals surface area (Å²) in [7, 11) is 0. The van der Waals surface area contributed by atoms with Gasteiger partial charge in [-0.3, -0.25) is 0 Å². The van der Waals surface area contributed by atoms with Crippen molar-refractivity contribution in [1.82, 2.24) is 0 Å². The van der Waals surface area contributed by atoms with Crippen LogP contribution >= 0.6 is 0 Å². The van der Waals surface area contributed by atoms with Crippen molar-refractivity contribution >= 4 is 0 Å². The largest absolute Gasteiger partial charge is 0.495 e. The third-order valence-corrected chi connectivity index (χ3v) is 4.46. The van der Waals surface area contributed by atoms with Gasteiger partial charge in [0.15, 0.2) is 0 Å². The first-order valence-electron chi connectivity index (χ1n) is 7.19. The van der Waals surface area contributed by atoms with E-state index in [0.717, 1.165) is 49.9 Å². The Morgan fingerprint density at radius 2 is 1.82 bits per heavy atom. The fraction of sp³-hybridized carbons (Fsp3) is 0.867. The summed E-state index contributed by atoms with van der Waals surface area (Å²) >= 11 is 0. The van der Waals surface area contributed by atoms with E-state index in [0.29, 0.717) is 5.92 Å². The topological polar surface area (TPSA) is 29.5 Å². The Hall–Kier alpha value is -0.500. The molecule has 0 aromatic carbocycles. The Morgan fingerprint density at radius 3 is 2.35 bits per heavy atom. The van der Waals surface area contributed by atoms with Gasteiger partial charge in [-0.25, -0.2) is 0 Å². The number of hydrogen-bond donors (Lipinski definition) is 1. The van der Waals surface area contributed by atoms with Gasteiger partial charge in [-0.1, -0.05) is 13.8 Å². The van der Waals surface area contributed by atoms with Crippen LogP contribution in [0, 0.1) is 17.8 Å². The maximum Gasteiger partial charge on any atom is 0.121 e. The van der Waals surface area contributed by atoms with Crippen LogP contribution in [0.1, 0.15) is 52.4 Å². The Morgan fingerprint density at radius 1 is 1.18 bits per heavy atom. The first kappa shape index (κ1) is 12.9. The van der Waals surface area contributed by atoms with Gasteiger partial charge in [0.2, 0.25) is 0 Å². The Balaban J connectivity index is 1.85. The van der Waals surface area contributed by atoms with Gasteiger partial charge in [-0.2, -0.15) is 0 Å². The molecular formula is C15H26O2. The highest BCUT2D eigenvalue weighted by molar-refractivity contribution is 5.04. The van der Waals surface area contributed by atoms with Crippen molar-refractivity contribution in [2.24, 2.45) is 17.8 Å². The molecule has 0 bridgehead atoms. The molecule has 17 heavy (non-hydrogen) atoms. The Bertz CT molecular complexity index is 262. The first-order valence-corrected chi connectivity index (χ1v) is 7.19. The molecule has 2 heteroatoms. The molecule has 0 radical (unpaired) electrons. The predicted octanol–water partition coefficient (Wildman–Crippen LogP) is 3.50. The maximum absolute atomic E-state index is 10.3. The van der Waals surface area contributed by atoms with Crippen molar-refractivity contribution in [2.45, 2.75) is 58.5 Å². The molecule has 1 aliphatic heterocycles. The zero-order chi connectivity index (χ0) is 12.3. The second-order valence-electron chi connectivity index (χ2n) is 5.96. The molecule has 1 heterocycles. The lowest BCUT2D eigenvalue weighted by molar-refractivity contribution is 0.0330. The van der Waals surface area contributed by atoms with E-state index in [-0.39, 0.29) is 6.10 Å². The summed E-state index contributed by atoms with van der Waals surface area (Å²) in [5, 5.41) is 10.3. The summed E-state index contributed by atoms with van der Waals surface area (Å²) < 4.78 is 5.58. The van der Waals surface area contributed by atoms with E-state index in [4.69, 9.17) is 4.74 Å². The molecule has 1 aliphatic carbocycles. The van der Waals surface area contributed by atoms with Crippen molar-refractivity contribution in [1.29, 1.82) is 0 Å². The minimum Gasteiger partial charge on any atom is -0.495 e. The highest BCUT2D eigenvalue weighted by Gasteiger charge is 2.30. The van der Waals surface area contributed by atoms with Crippen molar-refractivity contribution in [3.05, 3.63) is 11.8 Å². The molecule has 98 valence electrons. The van der Waals surface area contributed by atoms with E-state index in [9.17, 15) is 5.11 Å². The van der Waals surface area contributed by atoms with Gasteiger partial charge in [0.05, 0.1) is 6.61 Å². The number of hydrogen-bond acceptors (Lipinski definition) is 2. The molecule has 1 unspecified atom stereocenters. The van der Waals surface area contributed by atoms with Gasteiger partial charge in [0.25, 0.3) is 0 Å². The lowest BCUT2D eigenvalue weighted by atomic mass is 9.75. The van der Waals surface area contributed by atoms with E-state index in [1.54, 1.807) is 0 Å². The SMILES string of the molecule is CC(C)C1CCC(C(O)C2=CCCCO2)CC1. The number of aliphatic hydroxyl groups is 1. The van der Waals surface area contributed by atoms with Gasteiger partial charge in [0.1, 0.15) is 11.9 Å². The zero-order valence-corrected chi connectivity index (χ0v) is 11.2. The van der Waals surface area contributed by atoms with Crippen molar-refractivity contribution in [3.63, 3.8) is 0 Å².